The van der Waals surface area contributed by atoms with E-state index in [1.807, 2.05) is 0 Å². The van der Waals surface area contributed by atoms with Crippen molar-refractivity contribution in [2.75, 3.05) is 6.73 Å². The molecule has 1 unspecified atom stereocenters. The van der Waals surface area contributed by atoms with Gasteiger partial charge < -0.3 is 10.4 Å². The number of hydrogen-bond donors (Lipinski definition) is 1. The predicted octanol–water partition coefficient (Wildman–Crippen LogP) is 1.71. The van der Waals surface area contributed by atoms with Crippen LogP contribution in [0.3, 0.4) is 0 Å². The van der Waals surface area contributed by atoms with Gasteiger partial charge in [0.2, 0.25) is 0 Å². The molecule has 1 radical (unpaired) electrons. The molecule has 1 aliphatic carbocycles. The topological polar surface area (TPSA) is 35.2 Å². The summed E-state index contributed by atoms with van der Waals surface area (Å²) in [4.78, 5) is 0. The molecule has 12 heavy (non-hydrogen) atoms. The summed E-state index contributed by atoms with van der Waals surface area (Å²) in [5.74, 6) is -0.364. The van der Waals surface area contributed by atoms with E-state index < -0.39 is 0 Å². The maximum absolute atomic E-state index is 12.8. The van der Waals surface area contributed by atoms with Crippen molar-refractivity contribution in [1.82, 2.24) is 0 Å². The van der Waals surface area contributed by atoms with Crippen LogP contribution in [0.2, 0.25) is 5.82 Å². The third kappa shape index (κ3) is 2.62. The molecule has 0 aromatic rings. The van der Waals surface area contributed by atoms with Crippen molar-refractivity contribution in [3.63, 3.8) is 0 Å². The summed E-state index contributed by atoms with van der Waals surface area (Å²) in [5.41, 5.74) is 5.10. The minimum Gasteiger partial charge on any atom is -0.428 e. The van der Waals surface area contributed by atoms with Crippen LogP contribution in [0.25, 0.3) is 0 Å². The normalized spacial score (nSPS) is 23.1. The highest BCUT2D eigenvalue weighted by Crippen LogP contribution is 2.29. The second-order valence-electron chi connectivity index (χ2n) is 2.45. The summed E-state index contributed by atoms with van der Waals surface area (Å²) in [6, 6.07) is 0. The summed E-state index contributed by atoms with van der Waals surface area (Å²) in [6.07, 6.45) is 3.57. The maximum Gasteiger partial charge on any atom is 0.302 e. The molecule has 0 fully saturated rings. The largest absolute Gasteiger partial charge is 0.428 e. The van der Waals surface area contributed by atoms with E-state index in [9.17, 15) is 4.39 Å². The Kier molecular flexibility index (Phi) is 3.78. The van der Waals surface area contributed by atoms with Gasteiger partial charge >= 0.3 is 7.48 Å². The van der Waals surface area contributed by atoms with Crippen LogP contribution in [0.15, 0.2) is 23.0 Å². The lowest BCUT2D eigenvalue weighted by molar-refractivity contribution is 0.343. The molecule has 0 saturated carbocycles. The van der Waals surface area contributed by atoms with Crippen molar-refractivity contribution >= 4 is 19.1 Å². The van der Waals surface area contributed by atoms with Crippen LogP contribution in [-0.2, 0) is 4.65 Å². The lowest BCUT2D eigenvalue weighted by Crippen LogP contribution is -2.13. The Labute approximate surface area is 76.5 Å². The van der Waals surface area contributed by atoms with Gasteiger partial charge in [0, 0.05) is 6.42 Å². The molecule has 5 heteroatoms. The van der Waals surface area contributed by atoms with Gasteiger partial charge in [0.15, 0.2) is 0 Å². The molecule has 0 aliphatic heterocycles. The van der Waals surface area contributed by atoms with Gasteiger partial charge in [0.25, 0.3) is 0 Å². The SMILES string of the molecule is NCO[B]C1C=CC(Cl)=C(F)C1. The molecule has 1 aliphatic rings. The fourth-order valence-electron chi connectivity index (χ4n) is 0.944. The molecule has 0 spiro atoms. The first-order valence-corrected chi connectivity index (χ1v) is 3.99. The molecule has 65 valence electrons. The third-order valence-electron chi connectivity index (χ3n) is 1.53. The van der Waals surface area contributed by atoms with Gasteiger partial charge in [-0.3, -0.25) is 0 Å². The van der Waals surface area contributed by atoms with Gasteiger partial charge in [-0.05, 0) is 11.9 Å². The van der Waals surface area contributed by atoms with Gasteiger partial charge in [0.05, 0.1) is 11.8 Å². The fraction of sp³-hybridized carbons (Fsp3) is 0.429. The molecule has 1 atom stereocenters. The van der Waals surface area contributed by atoms with E-state index in [0.29, 0.717) is 0 Å². The number of halogens is 2. The van der Waals surface area contributed by atoms with Crippen LogP contribution < -0.4 is 5.73 Å². The van der Waals surface area contributed by atoms with Gasteiger partial charge in [-0.25, -0.2) is 4.39 Å². The molecule has 0 amide bonds. The number of rotatable bonds is 3. The second kappa shape index (κ2) is 4.65. The van der Waals surface area contributed by atoms with E-state index in [0.717, 1.165) is 0 Å². The zero-order chi connectivity index (χ0) is 8.97. The van der Waals surface area contributed by atoms with Crippen molar-refractivity contribution in [2.24, 2.45) is 5.73 Å². The van der Waals surface area contributed by atoms with Crippen molar-refractivity contribution in [1.29, 1.82) is 0 Å². The van der Waals surface area contributed by atoms with Crippen LogP contribution >= 0.6 is 11.6 Å². The van der Waals surface area contributed by atoms with Crippen molar-refractivity contribution in [3.05, 3.63) is 23.0 Å². The van der Waals surface area contributed by atoms with Crippen molar-refractivity contribution in [2.45, 2.75) is 12.2 Å². The highest BCUT2D eigenvalue weighted by molar-refractivity contribution is 6.33. The zero-order valence-electron chi connectivity index (χ0n) is 6.47. The summed E-state index contributed by atoms with van der Waals surface area (Å²) < 4.78 is 17.7. The van der Waals surface area contributed by atoms with E-state index in [1.54, 1.807) is 6.08 Å². The maximum atomic E-state index is 12.8. The number of allylic oxidation sites excluding steroid dienone is 4. The summed E-state index contributed by atoms with van der Waals surface area (Å²) >= 11 is 5.50. The number of nitrogens with two attached hydrogens (primary N) is 1. The Balaban J connectivity index is 2.40. The van der Waals surface area contributed by atoms with E-state index in [-0.39, 0.29) is 29.8 Å². The van der Waals surface area contributed by atoms with E-state index in [4.69, 9.17) is 22.0 Å². The molecule has 1 rings (SSSR count). The van der Waals surface area contributed by atoms with Gasteiger partial charge in [0.1, 0.15) is 5.83 Å². The van der Waals surface area contributed by atoms with Crippen LogP contribution in [0.1, 0.15) is 6.42 Å². The molecular formula is C7H9BClFNO. The summed E-state index contributed by atoms with van der Waals surface area (Å²) in [5, 5.41) is 0.174. The zero-order valence-corrected chi connectivity index (χ0v) is 7.22. The van der Waals surface area contributed by atoms with Gasteiger partial charge in [-0.2, -0.15) is 0 Å². The molecule has 0 aromatic heterocycles. The van der Waals surface area contributed by atoms with Crippen LogP contribution in [0.5, 0.6) is 0 Å². The lowest BCUT2D eigenvalue weighted by Gasteiger charge is -2.13. The average molecular weight is 188 g/mol. The molecule has 2 nitrogen and oxygen atoms in total. The Bertz CT molecular complexity index is 219. The van der Waals surface area contributed by atoms with Crippen molar-refractivity contribution in [3.8, 4) is 0 Å². The third-order valence-corrected chi connectivity index (χ3v) is 1.86. The predicted molar refractivity (Wildman–Crippen MR) is 47.4 cm³/mol. The van der Waals surface area contributed by atoms with Gasteiger partial charge in [-0.1, -0.05) is 17.7 Å². The molecule has 0 saturated heterocycles. The molecule has 0 heterocycles. The van der Waals surface area contributed by atoms with Gasteiger partial charge in [-0.15, -0.1) is 0 Å². The van der Waals surface area contributed by atoms with E-state index >= 15 is 0 Å². The van der Waals surface area contributed by atoms with E-state index in [2.05, 4.69) is 0 Å². The van der Waals surface area contributed by atoms with Crippen LogP contribution in [0.4, 0.5) is 4.39 Å². The molecule has 2 N–H and O–H groups in total. The first-order chi connectivity index (χ1) is 5.74. The first kappa shape index (κ1) is 9.77. The Morgan fingerprint density at radius 1 is 1.83 bits per heavy atom. The van der Waals surface area contributed by atoms with E-state index in [1.165, 1.54) is 13.6 Å². The number of hydrogen-bond acceptors (Lipinski definition) is 2. The Morgan fingerprint density at radius 3 is 3.17 bits per heavy atom. The molecule has 0 aromatic carbocycles. The van der Waals surface area contributed by atoms with Crippen LogP contribution in [-0.4, -0.2) is 14.2 Å². The highest BCUT2D eigenvalue weighted by atomic mass is 35.5. The minimum atomic E-state index is -0.305. The van der Waals surface area contributed by atoms with Crippen LogP contribution in [0, 0.1) is 0 Å². The lowest BCUT2D eigenvalue weighted by atomic mass is 9.75. The monoisotopic (exact) mass is 188 g/mol. The average Bonchev–Trinajstić information content (AvgIpc) is 2.07. The first-order valence-electron chi connectivity index (χ1n) is 3.61. The quantitative estimate of drug-likeness (QED) is 0.540. The summed E-state index contributed by atoms with van der Waals surface area (Å²) in [6.45, 7) is 0.114. The minimum absolute atomic E-state index is 0.0592. The molecule has 0 bridgehead atoms. The standard InChI is InChI=1S/C7H9BClFNO/c9-6-2-1-5(3-7(6)10)8-12-4-11/h1-2,5H,3-4,11H2. The Morgan fingerprint density at radius 2 is 2.58 bits per heavy atom. The Hall–Kier alpha value is -0.315. The summed E-state index contributed by atoms with van der Waals surface area (Å²) in [7, 11) is 1.51. The fourth-order valence-corrected chi connectivity index (χ4v) is 1.09. The second-order valence-corrected chi connectivity index (χ2v) is 2.86. The molecular weight excluding hydrogens is 179 g/mol. The highest BCUT2D eigenvalue weighted by Gasteiger charge is 2.16. The van der Waals surface area contributed by atoms with Crippen molar-refractivity contribution < 1.29 is 9.04 Å². The smallest absolute Gasteiger partial charge is 0.302 e.